The quantitative estimate of drug-likeness (QED) is 0.292. The summed E-state index contributed by atoms with van der Waals surface area (Å²) in [6.07, 6.45) is 2.11. The molecule has 0 amide bonds. The fourth-order valence-corrected chi connectivity index (χ4v) is 5.72. The molecule has 0 spiro atoms. The van der Waals surface area contributed by atoms with E-state index in [4.69, 9.17) is 16.2 Å². The van der Waals surface area contributed by atoms with E-state index in [1.54, 1.807) is 24.3 Å². The zero-order valence-electron chi connectivity index (χ0n) is 24.6. The van der Waals surface area contributed by atoms with Crippen LogP contribution in [0.5, 0.6) is 0 Å². The predicted octanol–water partition coefficient (Wildman–Crippen LogP) is 3.74. The Labute approximate surface area is 251 Å². The van der Waals surface area contributed by atoms with E-state index in [2.05, 4.69) is 36.1 Å². The van der Waals surface area contributed by atoms with E-state index < -0.39 is 17.3 Å². The first-order valence-electron chi connectivity index (χ1n) is 14.7. The van der Waals surface area contributed by atoms with Crippen molar-refractivity contribution >= 4 is 11.6 Å². The molecular weight excluding hydrogens is 542 g/mol. The number of piperidine rings is 1. The van der Waals surface area contributed by atoms with Gasteiger partial charge in [-0.05, 0) is 48.6 Å². The van der Waals surface area contributed by atoms with Gasteiger partial charge in [0.2, 0.25) is 0 Å². The zero-order valence-corrected chi connectivity index (χ0v) is 24.6. The van der Waals surface area contributed by atoms with Crippen molar-refractivity contribution in [3.8, 4) is 5.69 Å². The first-order chi connectivity index (χ1) is 20.7. The molecule has 0 saturated carbocycles. The number of hydrogen-bond donors (Lipinski definition) is 2. The number of anilines is 1. The molecule has 9 heteroatoms. The van der Waals surface area contributed by atoms with Crippen LogP contribution in [0.1, 0.15) is 55.0 Å². The first-order valence-corrected chi connectivity index (χ1v) is 14.7. The lowest BCUT2D eigenvalue weighted by Gasteiger charge is -2.37. The molecular formula is C34H39N5O4. The highest BCUT2D eigenvalue weighted by Crippen LogP contribution is 2.30. The molecule has 43 heavy (non-hydrogen) atoms. The van der Waals surface area contributed by atoms with Crippen LogP contribution in [0.25, 0.3) is 5.69 Å². The molecule has 1 fully saturated rings. The number of nitrogen functional groups attached to an aromatic ring is 1. The Morgan fingerprint density at radius 2 is 1.44 bits per heavy atom. The largest absolute Gasteiger partial charge is 0.385 e. The molecule has 0 radical (unpaired) electrons. The number of nitrogens with zero attached hydrogens (tertiary/aromatic N) is 3. The number of benzene rings is 3. The average Bonchev–Trinajstić information content (AvgIpc) is 3.03. The Bertz CT molecular complexity index is 1600. The van der Waals surface area contributed by atoms with Crippen LogP contribution in [0.15, 0.2) is 101 Å². The van der Waals surface area contributed by atoms with Gasteiger partial charge in [-0.15, -0.1) is 0 Å². The fraction of sp³-hybridized carbons (Fsp3) is 0.324. The molecule has 9 nitrogen and oxygen atoms in total. The third-order valence-corrected chi connectivity index (χ3v) is 8.33. The minimum absolute atomic E-state index is 0.0415. The molecule has 1 aromatic heterocycles. The Morgan fingerprint density at radius 1 is 0.884 bits per heavy atom. The highest BCUT2D eigenvalue weighted by atomic mass is 16.5. The molecule has 1 saturated heterocycles. The Balaban J connectivity index is 1.17. The van der Waals surface area contributed by atoms with Gasteiger partial charge in [0.05, 0.1) is 17.8 Å². The number of likely N-dealkylation sites (tertiary alicyclic amines) is 1. The number of Topliss-reactive ketones (excluding diaryl/α,β-unsaturated/α-hetero) is 1. The molecule has 0 bridgehead atoms. The number of rotatable bonds is 10. The zero-order chi connectivity index (χ0) is 30.5. The number of hydrogen-bond acceptors (Lipinski definition) is 7. The van der Waals surface area contributed by atoms with Gasteiger partial charge >= 0.3 is 5.69 Å². The topological polar surface area (TPSA) is 126 Å². The summed E-state index contributed by atoms with van der Waals surface area (Å²) in [6.45, 7) is 3.75. The van der Waals surface area contributed by atoms with Crippen molar-refractivity contribution in [1.29, 1.82) is 0 Å². The summed E-state index contributed by atoms with van der Waals surface area (Å²) in [5.41, 5.74) is 14.7. The third kappa shape index (κ3) is 6.85. The van der Waals surface area contributed by atoms with Crippen molar-refractivity contribution in [2.45, 2.75) is 50.5 Å². The average molecular weight is 582 g/mol. The number of carbonyl (C=O) groups excluding carboxylic acids is 1. The van der Waals surface area contributed by atoms with Crippen molar-refractivity contribution in [2.24, 2.45) is 12.8 Å². The summed E-state index contributed by atoms with van der Waals surface area (Å²) in [4.78, 5) is 39.9. The van der Waals surface area contributed by atoms with Crippen LogP contribution < -0.4 is 22.7 Å². The smallest absolute Gasteiger partial charge is 0.336 e. The molecule has 2 heterocycles. The summed E-state index contributed by atoms with van der Waals surface area (Å²) in [5.74, 6) is -0.00879. The van der Waals surface area contributed by atoms with Crippen molar-refractivity contribution in [3.05, 3.63) is 129 Å². The molecule has 1 aliphatic rings. The van der Waals surface area contributed by atoms with E-state index in [0.29, 0.717) is 17.7 Å². The molecule has 224 valence electrons. The maximum absolute atomic E-state index is 13.2. The second-order valence-corrected chi connectivity index (χ2v) is 11.2. The van der Waals surface area contributed by atoms with Crippen LogP contribution in [-0.2, 0) is 16.6 Å². The van der Waals surface area contributed by atoms with Crippen LogP contribution >= 0.6 is 0 Å². The van der Waals surface area contributed by atoms with Crippen LogP contribution in [0.4, 0.5) is 5.82 Å². The van der Waals surface area contributed by atoms with Crippen LogP contribution in [0.2, 0.25) is 0 Å². The summed E-state index contributed by atoms with van der Waals surface area (Å²) in [7, 11) is 1.40. The predicted molar refractivity (Wildman–Crippen MR) is 168 cm³/mol. The minimum atomic E-state index is -0.788. The molecule has 2 atom stereocenters. The van der Waals surface area contributed by atoms with Crippen LogP contribution in [0, 0.1) is 0 Å². The summed E-state index contributed by atoms with van der Waals surface area (Å²) < 4.78 is 8.91. The van der Waals surface area contributed by atoms with Crippen molar-refractivity contribution in [1.82, 2.24) is 14.0 Å². The number of ether oxygens (including phenoxy) is 1. The molecule has 0 aliphatic carbocycles. The molecule has 4 N–H and O–H groups in total. The second-order valence-electron chi connectivity index (χ2n) is 11.2. The summed E-state index contributed by atoms with van der Waals surface area (Å²) in [5, 5.41) is 0. The third-order valence-electron chi connectivity index (χ3n) is 8.33. The number of ketones is 1. The van der Waals surface area contributed by atoms with Gasteiger partial charge in [-0.2, -0.15) is 0 Å². The number of aromatic nitrogens is 2. The van der Waals surface area contributed by atoms with E-state index in [-0.39, 0.29) is 29.9 Å². The van der Waals surface area contributed by atoms with Gasteiger partial charge in [0.25, 0.3) is 5.56 Å². The highest BCUT2D eigenvalue weighted by Gasteiger charge is 2.28. The highest BCUT2D eigenvalue weighted by molar-refractivity contribution is 5.85. The van der Waals surface area contributed by atoms with Crippen molar-refractivity contribution in [2.75, 3.05) is 18.8 Å². The van der Waals surface area contributed by atoms with Crippen molar-refractivity contribution in [3.63, 3.8) is 0 Å². The van der Waals surface area contributed by atoms with Crippen LogP contribution in [0.3, 0.4) is 0 Å². The standard InChI is InChI=1S/C34H39N5O4/c1-23(21-29(40)32(36)24-13-15-27(16-14-24)39-30(35)22-31(41)37(2)34(39)42)38-19-17-28(18-20-38)43-33(25-9-5-3-6-10-25)26-11-7-4-8-12-26/h3-16,22-23,28,32-33H,17-21,35-36H2,1-2H3. The van der Waals surface area contributed by atoms with E-state index in [9.17, 15) is 14.4 Å². The van der Waals surface area contributed by atoms with E-state index in [1.807, 2.05) is 36.4 Å². The Morgan fingerprint density at radius 3 is 2.00 bits per heavy atom. The molecule has 5 rings (SSSR count). The molecule has 2 unspecified atom stereocenters. The lowest BCUT2D eigenvalue weighted by molar-refractivity contribution is -0.121. The van der Waals surface area contributed by atoms with E-state index >= 15 is 0 Å². The lowest BCUT2D eigenvalue weighted by Crippen LogP contribution is -2.44. The van der Waals surface area contributed by atoms with Gasteiger partial charge in [-0.25, -0.2) is 9.36 Å². The molecule has 1 aliphatic heterocycles. The lowest BCUT2D eigenvalue weighted by atomic mass is 9.96. The van der Waals surface area contributed by atoms with Gasteiger partial charge in [-0.3, -0.25) is 14.2 Å². The monoisotopic (exact) mass is 581 g/mol. The minimum Gasteiger partial charge on any atom is -0.385 e. The number of carbonyl (C=O) groups is 1. The normalized spacial score (nSPS) is 15.8. The van der Waals surface area contributed by atoms with Gasteiger partial charge in [-0.1, -0.05) is 72.8 Å². The Hall–Kier alpha value is -4.31. The van der Waals surface area contributed by atoms with Crippen LogP contribution in [-0.4, -0.2) is 45.1 Å². The summed E-state index contributed by atoms with van der Waals surface area (Å²) >= 11 is 0. The van der Waals surface area contributed by atoms with Gasteiger partial charge in [0, 0.05) is 38.7 Å². The Kier molecular flexibility index (Phi) is 9.35. The van der Waals surface area contributed by atoms with Gasteiger partial charge in [0.1, 0.15) is 11.9 Å². The summed E-state index contributed by atoms with van der Waals surface area (Å²) in [6, 6.07) is 27.9. The second kappa shape index (κ2) is 13.3. The van der Waals surface area contributed by atoms with Gasteiger partial charge < -0.3 is 21.1 Å². The van der Waals surface area contributed by atoms with E-state index in [1.165, 1.54) is 17.7 Å². The fourth-order valence-electron chi connectivity index (χ4n) is 5.72. The maximum atomic E-state index is 13.2. The SMILES string of the molecule is CC(CC(=O)C(N)c1ccc(-n2c(N)cc(=O)n(C)c2=O)cc1)N1CCC(OC(c2ccccc2)c2ccccc2)CC1. The van der Waals surface area contributed by atoms with E-state index in [0.717, 1.165) is 41.6 Å². The van der Waals surface area contributed by atoms with Crippen molar-refractivity contribution < 1.29 is 9.53 Å². The van der Waals surface area contributed by atoms with Gasteiger partial charge in [0.15, 0.2) is 5.78 Å². The molecule has 4 aromatic rings. The first kappa shape index (κ1) is 30.2. The number of nitrogens with two attached hydrogens (primary N) is 2. The maximum Gasteiger partial charge on any atom is 0.336 e. The molecule has 3 aromatic carbocycles.